The number of hydrogen-bond acceptors (Lipinski definition) is 3. The van der Waals surface area contributed by atoms with E-state index in [0.29, 0.717) is 0 Å². The monoisotopic (exact) mass is 212 g/mol. The number of rotatable bonds is 4. The molecule has 0 aliphatic carbocycles. The minimum atomic E-state index is 0.265. The van der Waals surface area contributed by atoms with Crippen LogP contribution in [0.4, 0.5) is 0 Å². The molecule has 2 N–H and O–H groups in total. The fourth-order valence-corrected chi connectivity index (χ4v) is 3.18. The highest BCUT2D eigenvalue weighted by Crippen LogP contribution is 2.30. The van der Waals surface area contributed by atoms with Crippen molar-refractivity contribution < 1.29 is 5.11 Å². The van der Waals surface area contributed by atoms with E-state index in [1.54, 1.807) is 0 Å². The molecule has 15 heavy (non-hydrogen) atoms. The third-order valence-corrected chi connectivity index (χ3v) is 3.92. The summed E-state index contributed by atoms with van der Waals surface area (Å²) in [5, 5.41) is 12.1. The molecule has 2 fully saturated rings. The van der Waals surface area contributed by atoms with Gasteiger partial charge in [-0.2, -0.15) is 0 Å². The van der Waals surface area contributed by atoms with Crippen molar-refractivity contribution in [3.8, 4) is 0 Å². The minimum absolute atomic E-state index is 0.265. The first-order valence-corrected chi connectivity index (χ1v) is 6.47. The van der Waals surface area contributed by atoms with Crippen LogP contribution in [0.1, 0.15) is 32.1 Å². The Morgan fingerprint density at radius 1 is 1.13 bits per heavy atom. The third kappa shape index (κ3) is 2.92. The summed E-state index contributed by atoms with van der Waals surface area (Å²) in [5.74, 6) is 0.825. The second-order valence-corrected chi connectivity index (χ2v) is 4.93. The predicted molar refractivity (Wildman–Crippen MR) is 61.9 cm³/mol. The standard InChI is InChI=1S/C12H24N2O/c15-9-6-13-10-11-4-3-8-14-7-2-1-5-12(11)14/h11-13,15H,1-10H2/t11-,12?/m0/s1. The summed E-state index contributed by atoms with van der Waals surface area (Å²) < 4.78 is 0. The Morgan fingerprint density at radius 3 is 2.87 bits per heavy atom. The van der Waals surface area contributed by atoms with Gasteiger partial charge < -0.3 is 15.3 Å². The van der Waals surface area contributed by atoms with Crippen molar-refractivity contribution in [1.82, 2.24) is 10.2 Å². The molecule has 2 atom stereocenters. The maximum Gasteiger partial charge on any atom is 0.0555 e. The lowest BCUT2D eigenvalue weighted by Crippen LogP contribution is -2.50. The van der Waals surface area contributed by atoms with Crippen LogP contribution in [-0.4, -0.2) is 48.8 Å². The largest absolute Gasteiger partial charge is 0.395 e. The lowest BCUT2D eigenvalue weighted by Gasteiger charge is -2.44. The highest BCUT2D eigenvalue weighted by atomic mass is 16.3. The van der Waals surface area contributed by atoms with Crippen LogP contribution in [0.5, 0.6) is 0 Å². The maximum atomic E-state index is 8.76. The maximum absolute atomic E-state index is 8.76. The molecule has 2 aliphatic rings. The van der Waals surface area contributed by atoms with E-state index in [9.17, 15) is 0 Å². The highest BCUT2D eigenvalue weighted by Gasteiger charge is 2.32. The zero-order valence-electron chi connectivity index (χ0n) is 9.62. The van der Waals surface area contributed by atoms with Crippen LogP contribution >= 0.6 is 0 Å². The summed E-state index contributed by atoms with van der Waals surface area (Å²) in [7, 11) is 0. The number of nitrogens with one attached hydrogen (secondary N) is 1. The van der Waals surface area contributed by atoms with E-state index >= 15 is 0 Å². The molecule has 0 saturated carbocycles. The van der Waals surface area contributed by atoms with Gasteiger partial charge in [0.2, 0.25) is 0 Å². The van der Waals surface area contributed by atoms with Gasteiger partial charge in [0.15, 0.2) is 0 Å². The molecule has 0 amide bonds. The van der Waals surface area contributed by atoms with Gasteiger partial charge in [0.05, 0.1) is 6.61 Å². The summed E-state index contributed by atoms with van der Waals surface area (Å²) in [6.07, 6.45) is 6.94. The molecule has 2 rings (SSSR count). The van der Waals surface area contributed by atoms with Crippen molar-refractivity contribution in [3.05, 3.63) is 0 Å². The van der Waals surface area contributed by atoms with E-state index in [0.717, 1.165) is 25.0 Å². The zero-order valence-corrected chi connectivity index (χ0v) is 9.62. The van der Waals surface area contributed by atoms with E-state index in [2.05, 4.69) is 10.2 Å². The molecule has 2 heterocycles. The van der Waals surface area contributed by atoms with Gasteiger partial charge in [0.1, 0.15) is 0 Å². The Hall–Kier alpha value is -0.120. The number of aliphatic hydroxyl groups is 1. The molecule has 3 heteroatoms. The molecule has 2 saturated heterocycles. The predicted octanol–water partition coefficient (Wildman–Crippen LogP) is 0.833. The molecule has 0 aromatic heterocycles. The number of aliphatic hydroxyl groups excluding tert-OH is 1. The van der Waals surface area contributed by atoms with E-state index in [-0.39, 0.29) is 6.61 Å². The zero-order chi connectivity index (χ0) is 10.5. The fourth-order valence-electron chi connectivity index (χ4n) is 3.18. The lowest BCUT2D eigenvalue weighted by atomic mass is 9.83. The number of fused-ring (bicyclic) bond motifs is 1. The molecule has 1 unspecified atom stereocenters. The minimum Gasteiger partial charge on any atom is -0.395 e. The third-order valence-electron chi connectivity index (χ3n) is 3.92. The van der Waals surface area contributed by atoms with Gasteiger partial charge in [-0.05, 0) is 51.2 Å². The van der Waals surface area contributed by atoms with E-state index < -0.39 is 0 Å². The van der Waals surface area contributed by atoms with Gasteiger partial charge in [0.25, 0.3) is 0 Å². The number of hydrogen-bond donors (Lipinski definition) is 2. The number of nitrogens with zero attached hydrogens (tertiary/aromatic N) is 1. The normalized spacial score (nSPS) is 32.6. The molecular formula is C12H24N2O. The van der Waals surface area contributed by atoms with Crippen LogP contribution in [0.3, 0.4) is 0 Å². The quantitative estimate of drug-likeness (QED) is 0.678. The first-order valence-electron chi connectivity index (χ1n) is 6.47. The molecule has 0 spiro atoms. The van der Waals surface area contributed by atoms with Gasteiger partial charge in [-0.25, -0.2) is 0 Å². The van der Waals surface area contributed by atoms with Crippen molar-refractivity contribution in [1.29, 1.82) is 0 Å². The van der Waals surface area contributed by atoms with Crippen LogP contribution < -0.4 is 5.32 Å². The second-order valence-electron chi connectivity index (χ2n) is 4.93. The van der Waals surface area contributed by atoms with Crippen molar-refractivity contribution >= 4 is 0 Å². The fraction of sp³-hybridized carbons (Fsp3) is 1.00. The first-order chi connectivity index (χ1) is 7.42. The Balaban J connectivity index is 1.81. The Bertz CT molecular complexity index is 184. The molecule has 0 radical (unpaired) electrons. The Kier molecular flexibility index (Phi) is 4.42. The highest BCUT2D eigenvalue weighted by molar-refractivity contribution is 4.87. The topological polar surface area (TPSA) is 35.5 Å². The second kappa shape index (κ2) is 5.83. The van der Waals surface area contributed by atoms with Crippen LogP contribution in [0, 0.1) is 5.92 Å². The summed E-state index contributed by atoms with van der Waals surface area (Å²) in [4.78, 5) is 2.69. The molecule has 0 aromatic carbocycles. The van der Waals surface area contributed by atoms with Crippen LogP contribution in [0.2, 0.25) is 0 Å². The van der Waals surface area contributed by atoms with Crippen LogP contribution in [-0.2, 0) is 0 Å². The molecule has 3 nitrogen and oxygen atoms in total. The van der Waals surface area contributed by atoms with Gasteiger partial charge in [0, 0.05) is 12.6 Å². The smallest absolute Gasteiger partial charge is 0.0555 e. The molecular weight excluding hydrogens is 188 g/mol. The van der Waals surface area contributed by atoms with Gasteiger partial charge >= 0.3 is 0 Å². The average molecular weight is 212 g/mol. The molecule has 0 aromatic rings. The molecule has 88 valence electrons. The van der Waals surface area contributed by atoms with Gasteiger partial charge in [-0.1, -0.05) is 6.42 Å². The summed E-state index contributed by atoms with van der Waals surface area (Å²) in [6, 6.07) is 0.832. The molecule has 0 bridgehead atoms. The first kappa shape index (κ1) is 11.4. The van der Waals surface area contributed by atoms with Crippen LogP contribution in [0.25, 0.3) is 0 Å². The number of piperidine rings is 2. The van der Waals surface area contributed by atoms with Crippen molar-refractivity contribution in [3.63, 3.8) is 0 Å². The van der Waals surface area contributed by atoms with E-state index in [4.69, 9.17) is 5.11 Å². The van der Waals surface area contributed by atoms with E-state index in [1.165, 1.54) is 45.2 Å². The van der Waals surface area contributed by atoms with Crippen LogP contribution in [0.15, 0.2) is 0 Å². The Labute approximate surface area is 92.8 Å². The summed E-state index contributed by atoms with van der Waals surface area (Å²) in [5.41, 5.74) is 0. The molecule has 2 aliphatic heterocycles. The summed E-state index contributed by atoms with van der Waals surface area (Å²) in [6.45, 7) is 4.76. The Morgan fingerprint density at radius 2 is 2.00 bits per heavy atom. The summed E-state index contributed by atoms with van der Waals surface area (Å²) >= 11 is 0. The lowest BCUT2D eigenvalue weighted by molar-refractivity contribution is 0.0590. The van der Waals surface area contributed by atoms with Crippen molar-refractivity contribution in [2.45, 2.75) is 38.1 Å². The SMILES string of the molecule is OCCNC[C@@H]1CCCN2CCCCC12. The van der Waals surface area contributed by atoms with Crippen molar-refractivity contribution in [2.24, 2.45) is 5.92 Å². The van der Waals surface area contributed by atoms with Gasteiger partial charge in [-0.3, -0.25) is 0 Å². The van der Waals surface area contributed by atoms with E-state index in [1.807, 2.05) is 0 Å². The average Bonchev–Trinajstić information content (AvgIpc) is 2.30. The van der Waals surface area contributed by atoms with Gasteiger partial charge in [-0.15, -0.1) is 0 Å². The van der Waals surface area contributed by atoms with Crippen molar-refractivity contribution in [2.75, 3.05) is 32.8 Å².